The molecule has 0 unspecified atom stereocenters. The third kappa shape index (κ3) is 4.82. The molecule has 2 rings (SSSR count). The summed E-state index contributed by atoms with van der Waals surface area (Å²) in [6, 6.07) is 12.5. The molecular formula is C12H11N5O2S2. The molecule has 0 atom stereocenters. The largest absolute Gasteiger partial charge is 0.324 e. The molecule has 7 nitrogen and oxygen atoms in total. The Morgan fingerprint density at radius 2 is 2.05 bits per heavy atom. The number of nitrogens with zero attached hydrogens (tertiary/aromatic N) is 2. The highest BCUT2D eigenvalue weighted by molar-refractivity contribution is 7.80. The minimum Gasteiger partial charge on any atom is -0.299 e. The Labute approximate surface area is 129 Å². The Kier molecular flexibility index (Phi) is 5.18. The number of benzene rings is 1. The van der Waals surface area contributed by atoms with Crippen molar-refractivity contribution in [3.8, 4) is 0 Å². The molecule has 0 fully saturated rings. The molecule has 1 aromatic carbocycles. The zero-order valence-electron chi connectivity index (χ0n) is 10.6. The SMILES string of the molecule is O=[N+]([O-])c1ccc(C=NNC(=S)NNc2ccccc2)s1. The summed E-state index contributed by atoms with van der Waals surface area (Å²) < 4.78 is 0. The van der Waals surface area contributed by atoms with Crippen LogP contribution in [0.4, 0.5) is 10.7 Å². The third-order valence-electron chi connectivity index (χ3n) is 2.24. The van der Waals surface area contributed by atoms with Crippen LogP contribution in [0.2, 0.25) is 0 Å². The van der Waals surface area contributed by atoms with E-state index in [-0.39, 0.29) is 10.1 Å². The van der Waals surface area contributed by atoms with Gasteiger partial charge in [0.15, 0.2) is 0 Å². The van der Waals surface area contributed by atoms with Gasteiger partial charge in [-0.25, -0.2) is 0 Å². The number of hydrogen-bond donors (Lipinski definition) is 3. The fraction of sp³-hybridized carbons (Fsp3) is 0. The minimum atomic E-state index is -0.439. The number of hydrazone groups is 1. The van der Waals surface area contributed by atoms with Gasteiger partial charge in [-0.05, 0) is 30.4 Å². The van der Waals surface area contributed by atoms with Gasteiger partial charge in [0.1, 0.15) is 0 Å². The lowest BCUT2D eigenvalue weighted by molar-refractivity contribution is -0.380. The van der Waals surface area contributed by atoms with Crippen molar-refractivity contribution >= 4 is 45.6 Å². The van der Waals surface area contributed by atoms with Crippen LogP contribution in [0.25, 0.3) is 0 Å². The molecule has 0 radical (unpaired) electrons. The lowest BCUT2D eigenvalue weighted by atomic mass is 10.3. The molecule has 0 amide bonds. The van der Waals surface area contributed by atoms with Crippen molar-refractivity contribution in [2.75, 3.05) is 5.43 Å². The molecule has 21 heavy (non-hydrogen) atoms. The number of hydrazine groups is 1. The van der Waals surface area contributed by atoms with Gasteiger partial charge in [-0.2, -0.15) is 5.10 Å². The van der Waals surface area contributed by atoms with E-state index in [1.54, 1.807) is 6.07 Å². The van der Waals surface area contributed by atoms with Gasteiger partial charge in [0, 0.05) is 6.07 Å². The smallest absolute Gasteiger partial charge is 0.299 e. The van der Waals surface area contributed by atoms with Gasteiger partial charge in [-0.15, -0.1) is 0 Å². The van der Waals surface area contributed by atoms with Crippen molar-refractivity contribution in [3.63, 3.8) is 0 Å². The number of thiophene rings is 1. The van der Waals surface area contributed by atoms with Crippen LogP contribution in [-0.2, 0) is 0 Å². The zero-order valence-corrected chi connectivity index (χ0v) is 12.3. The van der Waals surface area contributed by atoms with E-state index >= 15 is 0 Å². The summed E-state index contributed by atoms with van der Waals surface area (Å²) in [4.78, 5) is 10.8. The molecule has 108 valence electrons. The highest BCUT2D eigenvalue weighted by atomic mass is 32.1. The number of anilines is 1. The normalized spacial score (nSPS) is 10.3. The van der Waals surface area contributed by atoms with Gasteiger partial charge in [0.25, 0.3) is 0 Å². The Morgan fingerprint density at radius 1 is 1.29 bits per heavy atom. The van der Waals surface area contributed by atoms with Gasteiger partial charge in [-0.1, -0.05) is 29.5 Å². The second-order valence-electron chi connectivity index (χ2n) is 3.75. The number of rotatable bonds is 5. The summed E-state index contributed by atoms with van der Waals surface area (Å²) in [6.07, 6.45) is 1.47. The molecule has 0 saturated carbocycles. The minimum absolute atomic E-state index is 0.0721. The molecule has 1 heterocycles. The summed E-state index contributed by atoms with van der Waals surface area (Å²) in [5, 5.41) is 14.8. The maximum absolute atomic E-state index is 10.5. The molecule has 0 spiro atoms. The Morgan fingerprint density at radius 3 is 2.71 bits per heavy atom. The highest BCUT2D eigenvalue weighted by Crippen LogP contribution is 2.22. The van der Waals surface area contributed by atoms with Crippen molar-refractivity contribution < 1.29 is 4.92 Å². The average molecular weight is 321 g/mol. The predicted molar refractivity (Wildman–Crippen MR) is 87.5 cm³/mol. The summed E-state index contributed by atoms with van der Waals surface area (Å²) in [6.45, 7) is 0. The van der Waals surface area contributed by atoms with E-state index in [9.17, 15) is 10.1 Å². The van der Waals surface area contributed by atoms with E-state index in [1.165, 1.54) is 12.3 Å². The van der Waals surface area contributed by atoms with E-state index in [4.69, 9.17) is 12.2 Å². The first-order valence-corrected chi connectivity index (χ1v) is 7.02. The Balaban J connectivity index is 1.77. The molecule has 0 aliphatic heterocycles. The van der Waals surface area contributed by atoms with Gasteiger partial charge in [0.2, 0.25) is 5.11 Å². The molecule has 2 aromatic rings. The van der Waals surface area contributed by atoms with E-state index in [2.05, 4.69) is 21.4 Å². The first-order chi connectivity index (χ1) is 10.1. The van der Waals surface area contributed by atoms with Crippen molar-refractivity contribution in [2.45, 2.75) is 0 Å². The first-order valence-electron chi connectivity index (χ1n) is 5.79. The van der Waals surface area contributed by atoms with Crippen LogP contribution in [0, 0.1) is 10.1 Å². The van der Waals surface area contributed by atoms with Gasteiger partial charge < -0.3 is 0 Å². The van der Waals surface area contributed by atoms with Crippen molar-refractivity contribution in [2.24, 2.45) is 5.10 Å². The number of para-hydroxylation sites is 1. The standard InChI is InChI=1S/C12H11N5O2S2/c18-17(19)11-7-6-10(21-11)8-13-15-12(20)16-14-9-4-2-1-3-5-9/h1-8,14H,(H2,15,16,20). The van der Waals surface area contributed by atoms with Gasteiger partial charge in [0.05, 0.1) is 21.7 Å². The maximum Gasteiger partial charge on any atom is 0.324 e. The van der Waals surface area contributed by atoms with Crippen molar-refractivity contribution in [1.82, 2.24) is 10.9 Å². The monoisotopic (exact) mass is 321 g/mol. The topological polar surface area (TPSA) is 91.6 Å². The maximum atomic E-state index is 10.5. The van der Waals surface area contributed by atoms with Crippen LogP contribution in [-0.4, -0.2) is 16.3 Å². The molecule has 1 aromatic heterocycles. The first kappa shape index (κ1) is 14.9. The predicted octanol–water partition coefficient (Wildman–Crippen LogP) is 2.48. The number of thiocarbonyl (C=S) groups is 1. The number of nitrogens with one attached hydrogen (secondary N) is 3. The molecular weight excluding hydrogens is 310 g/mol. The zero-order chi connectivity index (χ0) is 15.1. The summed E-state index contributed by atoms with van der Waals surface area (Å²) >= 11 is 6.05. The fourth-order valence-corrected chi connectivity index (χ4v) is 2.14. The van der Waals surface area contributed by atoms with Gasteiger partial charge >= 0.3 is 5.00 Å². The lowest BCUT2D eigenvalue weighted by Crippen LogP contribution is -2.36. The molecule has 3 N–H and O–H groups in total. The highest BCUT2D eigenvalue weighted by Gasteiger charge is 2.07. The van der Waals surface area contributed by atoms with Crippen LogP contribution in [0.1, 0.15) is 4.88 Å². The van der Waals surface area contributed by atoms with Crippen molar-refractivity contribution in [3.05, 3.63) is 57.5 Å². The van der Waals surface area contributed by atoms with E-state index < -0.39 is 4.92 Å². The second kappa shape index (κ2) is 7.31. The van der Waals surface area contributed by atoms with E-state index in [0.29, 0.717) is 4.88 Å². The fourth-order valence-electron chi connectivity index (χ4n) is 1.34. The number of nitro groups is 1. The van der Waals surface area contributed by atoms with Crippen LogP contribution >= 0.6 is 23.6 Å². The molecule has 0 bridgehead atoms. The van der Waals surface area contributed by atoms with E-state index in [1.807, 2.05) is 30.3 Å². The third-order valence-corrected chi connectivity index (χ3v) is 3.41. The lowest BCUT2D eigenvalue weighted by Gasteiger charge is -2.09. The average Bonchev–Trinajstić information content (AvgIpc) is 2.95. The van der Waals surface area contributed by atoms with Crippen molar-refractivity contribution in [1.29, 1.82) is 0 Å². The van der Waals surface area contributed by atoms with Crippen LogP contribution in [0.15, 0.2) is 47.6 Å². The summed E-state index contributed by atoms with van der Waals surface area (Å²) in [5.74, 6) is 0. The molecule has 0 aliphatic carbocycles. The molecule has 0 saturated heterocycles. The quantitative estimate of drug-likeness (QED) is 0.339. The molecule has 9 heteroatoms. The Hall–Kier alpha value is -2.52. The van der Waals surface area contributed by atoms with Crippen LogP contribution < -0.4 is 16.3 Å². The number of hydrogen-bond acceptors (Lipinski definition) is 6. The molecule has 0 aliphatic rings. The van der Waals surface area contributed by atoms with E-state index in [0.717, 1.165) is 17.0 Å². The Bertz CT molecular complexity index is 657. The van der Waals surface area contributed by atoms with Gasteiger partial charge in [-0.3, -0.25) is 26.4 Å². The summed E-state index contributed by atoms with van der Waals surface area (Å²) in [7, 11) is 0. The summed E-state index contributed by atoms with van der Waals surface area (Å²) in [5.41, 5.74) is 9.12. The van der Waals surface area contributed by atoms with Crippen LogP contribution in [0.3, 0.4) is 0 Å². The second-order valence-corrected chi connectivity index (χ2v) is 5.25. The van der Waals surface area contributed by atoms with Crippen LogP contribution in [0.5, 0.6) is 0 Å².